The zero-order valence-corrected chi connectivity index (χ0v) is 9.83. The van der Waals surface area contributed by atoms with Gasteiger partial charge in [-0.3, -0.25) is 0 Å². The Balaban J connectivity index is 2.00. The molecule has 0 aliphatic rings. The Bertz CT molecular complexity index is 285. The minimum absolute atomic E-state index is 0.459. The van der Waals surface area contributed by atoms with Gasteiger partial charge in [0, 0.05) is 0 Å². The predicted octanol–water partition coefficient (Wildman–Crippen LogP) is 3.52. The second-order valence-electron chi connectivity index (χ2n) is 3.73. The number of unbranched alkanes of at least 4 members (excludes halogenated alkanes) is 3. The molecular formula is C12H18O2P+. The van der Waals surface area contributed by atoms with Gasteiger partial charge < -0.3 is 0 Å². The van der Waals surface area contributed by atoms with Gasteiger partial charge in [0.2, 0.25) is 0 Å². The summed E-state index contributed by atoms with van der Waals surface area (Å²) >= 11 is 0. The fraction of sp³-hybridized carbons (Fsp3) is 0.500. The summed E-state index contributed by atoms with van der Waals surface area (Å²) in [6.07, 6.45) is 5.84. The molecule has 0 saturated heterocycles. The van der Waals surface area contributed by atoms with Crippen molar-refractivity contribution in [3.63, 3.8) is 0 Å². The molecule has 1 aromatic rings. The van der Waals surface area contributed by atoms with E-state index in [2.05, 4.69) is 24.3 Å². The Labute approximate surface area is 92.2 Å². The van der Waals surface area contributed by atoms with Crippen LogP contribution in [0.4, 0.5) is 0 Å². The van der Waals surface area contributed by atoms with Crippen LogP contribution in [-0.4, -0.2) is 11.1 Å². The Morgan fingerprint density at radius 3 is 2.33 bits per heavy atom. The normalized spacial score (nSPS) is 11.4. The van der Waals surface area contributed by atoms with Gasteiger partial charge in [0.1, 0.15) is 0 Å². The van der Waals surface area contributed by atoms with E-state index in [0.717, 1.165) is 25.7 Å². The van der Waals surface area contributed by atoms with Crippen molar-refractivity contribution in [3.05, 3.63) is 35.9 Å². The number of rotatable bonds is 7. The summed E-state index contributed by atoms with van der Waals surface area (Å²) in [6.45, 7) is 0. The fourth-order valence-electron chi connectivity index (χ4n) is 1.57. The lowest BCUT2D eigenvalue weighted by atomic mass is 10.1. The van der Waals surface area contributed by atoms with Gasteiger partial charge in [0.05, 0.1) is 0 Å². The largest absolute Gasteiger partial charge is 0.505 e. The van der Waals surface area contributed by atoms with Crippen LogP contribution < -0.4 is 0 Å². The highest BCUT2D eigenvalue weighted by Crippen LogP contribution is 2.16. The number of benzene rings is 1. The van der Waals surface area contributed by atoms with Gasteiger partial charge in [0.15, 0.2) is 6.16 Å². The number of hydrogen-bond acceptors (Lipinski definition) is 1. The topological polar surface area (TPSA) is 37.3 Å². The van der Waals surface area contributed by atoms with Crippen LogP contribution in [0.2, 0.25) is 0 Å². The number of hydrogen-bond donors (Lipinski definition) is 1. The smallest absolute Gasteiger partial charge is 0.161 e. The monoisotopic (exact) mass is 225 g/mol. The highest BCUT2D eigenvalue weighted by atomic mass is 31.1. The Morgan fingerprint density at radius 2 is 1.67 bits per heavy atom. The zero-order chi connectivity index (χ0) is 10.9. The van der Waals surface area contributed by atoms with Crippen molar-refractivity contribution in [2.24, 2.45) is 0 Å². The van der Waals surface area contributed by atoms with Crippen LogP contribution in [0.25, 0.3) is 0 Å². The van der Waals surface area contributed by atoms with Gasteiger partial charge in [-0.1, -0.05) is 36.8 Å². The van der Waals surface area contributed by atoms with E-state index >= 15 is 0 Å². The maximum Gasteiger partial charge on any atom is 0.505 e. The first kappa shape index (κ1) is 12.4. The molecule has 0 radical (unpaired) electrons. The molecule has 3 heteroatoms. The van der Waals surface area contributed by atoms with Crippen LogP contribution in [0.15, 0.2) is 30.3 Å². The first-order valence-electron chi connectivity index (χ1n) is 5.46. The van der Waals surface area contributed by atoms with Crippen molar-refractivity contribution in [3.8, 4) is 0 Å². The molecule has 1 rings (SSSR count). The van der Waals surface area contributed by atoms with Gasteiger partial charge in [0.25, 0.3) is 0 Å². The summed E-state index contributed by atoms with van der Waals surface area (Å²) in [6, 6.07) is 10.4. The van der Waals surface area contributed by atoms with Crippen LogP contribution in [0.1, 0.15) is 31.2 Å². The van der Waals surface area contributed by atoms with Crippen molar-refractivity contribution >= 4 is 8.03 Å². The van der Waals surface area contributed by atoms with Crippen molar-refractivity contribution < 1.29 is 9.46 Å². The SMILES string of the molecule is O=[P+](O)CCCCCCc1ccccc1. The summed E-state index contributed by atoms with van der Waals surface area (Å²) in [5.74, 6) is 0. The minimum atomic E-state index is -1.92. The third-order valence-electron chi connectivity index (χ3n) is 2.41. The van der Waals surface area contributed by atoms with E-state index in [4.69, 9.17) is 4.89 Å². The van der Waals surface area contributed by atoms with Gasteiger partial charge in [-0.25, -0.2) is 0 Å². The maximum absolute atomic E-state index is 10.4. The lowest BCUT2D eigenvalue weighted by Gasteiger charge is -1.99. The predicted molar refractivity (Wildman–Crippen MR) is 63.3 cm³/mol. The first-order valence-corrected chi connectivity index (χ1v) is 6.86. The number of aryl methyl sites for hydroxylation is 1. The van der Waals surface area contributed by atoms with E-state index in [1.165, 1.54) is 12.0 Å². The van der Waals surface area contributed by atoms with Crippen molar-refractivity contribution in [1.82, 2.24) is 0 Å². The van der Waals surface area contributed by atoms with E-state index in [1.54, 1.807) is 0 Å². The lowest BCUT2D eigenvalue weighted by Crippen LogP contribution is -1.86. The van der Waals surface area contributed by atoms with E-state index < -0.39 is 8.03 Å². The van der Waals surface area contributed by atoms with Crippen molar-refractivity contribution in [2.45, 2.75) is 32.1 Å². The molecule has 0 saturated carbocycles. The van der Waals surface area contributed by atoms with Crippen LogP contribution in [0.5, 0.6) is 0 Å². The molecule has 2 nitrogen and oxygen atoms in total. The van der Waals surface area contributed by atoms with E-state index in [-0.39, 0.29) is 0 Å². The van der Waals surface area contributed by atoms with Crippen molar-refractivity contribution in [1.29, 1.82) is 0 Å². The van der Waals surface area contributed by atoms with Crippen molar-refractivity contribution in [2.75, 3.05) is 6.16 Å². The molecular weight excluding hydrogens is 207 g/mol. The molecule has 0 aromatic heterocycles. The van der Waals surface area contributed by atoms with Crippen LogP contribution in [0, 0.1) is 0 Å². The van der Waals surface area contributed by atoms with Gasteiger partial charge in [-0.05, 0) is 35.8 Å². The Hall–Kier alpha value is -0.720. The maximum atomic E-state index is 10.4. The molecule has 0 bridgehead atoms. The van der Waals surface area contributed by atoms with E-state index in [0.29, 0.717) is 6.16 Å². The average molecular weight is 225 g/mol. The Morgan fingerprint density at radius 1 is 1.00 bits per heavy atom. The average Bonchev–Trinajstić information content (AvgIpc) is 2.24. The summed E-state index contributed by atoms with van der Waals surface area (Å²) in [5.41, 5.74) is 1.38. The molecule has 0 aliphatic heterocycles. The highest BCUT2D eigenvalue weighted by molar-refractivity contribution is 7.37. The van der Waals surface area contributed by atoms with Crippen LogP contribution in [-0.2, 0) is 11.0 Å². The second-order valence-corrected chi connectivity index (χ2v) is 4.88. The Kier molecular flexibility index (Phi) is 6.22. The molecule has 0 amide bonds. The molecule has 0 spiro atoms. The molecule has 0 aliphatic carbocycles. The van der Waals surface area contributed by atoms with Gasteiger partial charge >= 0.3 is 8.03 Å². The summed E-state index contributed by atoms with van der Waals surface area (Å²) in [5, 5.41) is 0. The molecule has 1 aromatic carbocycles. The molecule has 15 heavy (non-hydrogen) atoms. The second kappa shape index (κ2) is 7.56. The molecule has 1 N–H and O–H groups in total. The summed E-state index contributed by atoms with van der Waals surface area (Å²) < 4.78 is 10.4. The standard InChI is InChI=1S/C12H17O2P/c13-15(14)11-7-2-1-4-8-12-9-5-3-6-10-12/h3,5-6,9-10H,1-2,4,7-8,11H2/p+1. The van der Waals surface area contributed by atoms with E-state index in [9.17, 15) is 4.57 Å². The third-order valence-corrected chi connectivity index (χ3v) is 3.11. The molecule has 0 heterocycles. The first-order chi connectivity index (χ1) is 7.29. The van der Waals surface area contributed by atoms with Gasteiger partial charge in [-0.15, -0.1) is 0 Å². The summed E-state index contributed by atoms with van der Waals surface area (Å²) in [7, 11) is -1.92. The molecule has 0 fully saturated rings. The quantitative estimate of drug-likeness (QED) is 0.569. The fourth-order valence-corrected chi connectivity index (χ4v) is 2.07. The van der Waals surface area contributed by atoms with Gasteiger partial charge in [-0.2, -0.15) is 4.89 Å². The zero-order valence-electron chi connectivity index (χ0n) is 8.93. The summed E-state index contributed by atoms with van der Waals surface area (Å²) in [4.78, 5) is 8.60. The third kappa shape index (κ3) is 6.38. The highest BCUT2D eigenvalue weighted by Gasteiger charge is 2.07. The molecule has 82 valence electrons. The lowest BCUT2D eigenvalue weighted by molar-refractivity contribution is 0.499. The molecule has 1 unspecified atom stereocenters. The van der Waals surface area contributed by atoms with Crippen LogP contribution >= 0.6 is 8.03 Å². The molecule has 1 atom stereocenters. The minimum Gasteiger partial charge on any atom is -0.161 e. The van der Waals surface area contributed by atoms with E-state index in [1.807, 2.05) is 6.07 Å². The van der Waals surface area contributed by atoms with Crippen LogP contribution in [0.3, 0.4) is 0 Å².